The Morgan fingerprint density at radius 1 is 1.41 bits per heavy atom. The van der Waals surface area contributed by atoms with E-state index in [0.717, 1.165) is 0 Å². The molecule has 0 aliphatic rings. The molecule has 0 fully saturated rings. The van der Waals surface area contributed by atoms with Gasteiger partial charge in [-0.05, 0) is 12.8 Å². The minimum Gasteiger partial charge on any atom is -0.467 e. The lowest BCUT2D eigenvalue weighted by Gasteiger charge is -2.18. The molecule has 0 unspecified atom stereocenters. The third kappa shape index (κ3) is 3.27. The summed E-state index contributed by atoms with van der Waals surface area (Å²) >= 11 is 0. The van der Waals surface area contributed by atoms with Gasteiger partial charge in [0.15, 0.2) is 0 Å². The molecule has 1 aromatic rings. The Balaban J connectivity index is 2.74. The van der Waals surface area contributed by atoms with E-state index in [2.05, 4.69) is 25.2 Å². The van der Waals surface area contributed by atoms with Crippen molar-refractivity contribution in [1.82, 2.24) is 20.5 Å². The molecule has 0 aliphatic carbocycles. The molecule has 0 aromatic carbocycles. The molecule has 0 saturated heterocycles. The van der Waals surface area contributed by atoms with E-state index in [-0.39, 0.29) is 11.7 Å². The fourth-order valence-electron chi connectivity index (χ4n) is 1.27. The maximum Gasteiger partial charge on any atom is 0.328 e. The van der Waals surface area contributed by atoms with Crippen molar-refractivity contribution in [2.24, 2.45) is 5.92 Å². The molecule has 1 heterocycles. The lowest BCUT2D eigenvalue weighted by Crippen LogP contribution is -2.45. The molecule has 17 heavy (non-hydrogen) atoms. The van der Waals surface area contributed by atoms with Gasteiger partial charge in [-0.15, -0.1) is 5.10 Å². The Kier molecular flexibility index (Phi) is 4.19. The quantitative estimate of drug-likeness (QED) is 0.724. The molecule has 2 N–H and O–H groups in total. The molecule has 0 radical (unpaired) electrons. The van der Waals surface area contributed by atoms with Crippen LogP contribution < -0.4 is 5.32 Å². The highest BCUT2D eigenvalue weighted by molar-refractivity contribution is 5.93. The van der Waals surface area contributed by atoms with Crippen LogP contribution in [0.4, 0.5) is 0 Å². The third-order valence-corrected chi connectivity index (χ3v) is 2.21. The van der Waals surface area contributed by atoms with E-state index in [1.807, 2.05) is 13.8 Å². The monoisotopic (exact) mass is 240 g/mol. The van der Waals surface area contributed by atoms with Crippen LogP contribution in [0.5, 0.6) is 0 Å². The van der Waals surface area contributed by atoms with Crippen molar-refractivity contribution in [2.45, 2.75) is 26.8 Å². The molecule has 0 bridgehead atoms. The van der Waals surface area contributed by atoms with Gasteiger partial charge in [0.1, 0.15) is 11.9 Å². The summed E-state index contributed by atoms with van der Waals surface area (Å²) in [5.41, 5.74) is 0. The number of ether oxygens (including phenoxy) is 1. The van der Waals surface area contributed by atoms with Gasteiger partial charge in [0, 0.05) is 0 Å². The lowest BCUT2D eigenvalue weighted by atomic mass is 10.0. The van der Waals surface area contributed by atoms with Crippen LogP contribution in [0.1, 0.15) is 30.3 Å². The summed E-state index contributed by atoms with van der Waals surface area (Å²) < 4.78 is 4.61. The van der Waals surface area contributed by atoms with Crippen LogP contribution in [0.15, 0.2) is 0 Å². The van der Waals surface area contributed by atoms with Gasteiger partial charge in [-0.2, -0.15) is 0 Å². The highest BCUT2D eigenvalue weighted by Gasteiger charge is 2.26. The summed E-state index contributed by atoms with van der Waals surface area (Å²) in [7, 11) is 1.28. The van der Waals surface area contributed by atoms with Crippen LogP contribution in [0, 0.1) is 12.8 Å². The first kappa shape index (κ1) is 13.1. The van der Waals surface area contributed by atoms with Crippen molar-refractivity contribution in [1.29, 1.82) is 0 Å². The van der Waals surface area contributed by atoms with Gasteiger partial charge in [-0.3, -0.25) is 9.89 Å². The normalized spacial score (nSPS) is 12.3. The molecule has 1 rings (SSSR count). The van der Waals surface area contributed by atoms with Crippen LogP contribution in [-0.2, 0) is 9.53 Å². The molecule has 1 atom stereocenters. The first-order chi connectivity index (χ1) is 7.95. The Bertz CT molecular complexity index is 413. The SMILES string of the molecule is COC(=O)[C@@H](NC(=O)c1n[nH]c(C)n1)C(C)C. The summed E-state index contributed by atoms with van der Waals surface area (Å²) in [6.45, 7) is 5.31. The van der Waals surface area contributed by atoms with Crippen LogP contribution in [0.3, 0.4) is 0 Å². The Hall–Kier alpha value is -1.92. The first-order valence-corrected chi connectivity index (χ1v) is 5.23. The molecule has 7 heteroatoms. The molecular weight excluding hydrogens is 224 g/mol. The molecule has 1 aromatic heterocycles. The third-order valence-electron chi connectivity index (χ3n) is 2.21. The predicted molar refractivity (Wildman–Crippen MR) is 59.2 cm³/mol. The summed E-state index contributed by atoms with van der Waals surface area (Å²) in [6, 6.07) is -0.702. The van der Waals surface area contributed by atoms with Gasteiger partial charge in [0.2, 0.25) is 5.82 Å². The Morgan fingerprint density at radius 3 is 2.47 bits per heavy atom. The zero-order valence-corrected chi connectivity index (χ0v) is 10.3. The van der Waals surface area contributed by atoms with Crippen molar-refractivity contribution in [3.05, 3.63) is 11.6 Å². The number of aromatic amines is 1. The van der Waals surface area contributed by atoms with Crippen LogP contribution >= 0.6 is 0 Å². The number of aromatic nitrogens is 3. The molecule has 0 saturated carbocycles. The van der Waals surface area contributed by atoms with Gasteiger partial charge in [-0.1, -0.05) is 13.8 Å². The topological polar surface area (TPSA) is 97.0 Å². The molecule has 94 valence electrons. The highest BCUT2D eigenvalue weighted by Crippen LogP contribution is 2.04. The maximum atomic E-state index is 11.7. The van der Waals surface area contributed by atoms with Crippen LogP contribution in [0.2, 0.25) is 0 Å². The zero-order chi connectivity index (χ0) is 13.0. The van der Waals surface area contributed by atoms with Crippen LogP contribution in [0.25, 0.3) is 0 Å². The largest absolute Gasteiger partial charge is 0.467 e. The van der Waals surface area contributed by atoms with Gasteiger partial charge >= 0.3 is 5.97 Å². The van der Waals surface area contributed by atoms with E-state index in [1.165, 1.54) is 7.11 Å². The molecular formula is C10H16N4O3. The summed E-state index contributed by atoms with van der Waals surface area (Å²) in [6.07, 6.45) is 0. The molecule has 0 aliphatic heterocycles. The Labute approximate surface area is 99.0 Å². The van der Waals surface area contributed by atoms with E-state index < -0.39 is 17.9 Å². The summed E-state index contributed by atoms with van der Waals surface area (Å²) in [5, 5.41) is 8.81. The van der Waals surface area contributed by atoms with Gasteiger partial charge in [0.05, 0.1) is 7.11 Å². The second-order valence-electron chi connectivity index (χ2n) is 3.96. The fourth-order valence-corrected chi connectivity index (χ4v) is 1.27. The number of carbonyl (C=O) groups is 2. The number of methoxy groups -OCH3 is 1. The molecule has 0 spiro atoms. The van der Waals surface area contributed by atoms with Gasteiger partial charge < -0.3 is 10.1 Å². The second-order valence-corrected chi connectivity index (χ2v) is 3.96. The van der Waals surface area contributed by atoms with E-state index in [0.29, 0.717) is 5.82 Å². The number of carbonyl (C=O) groups excluding carboxylic acids is 2. The van der Waals surface area contributed by atoms with Crippen molar-refractivity contribution < 1.29 is 14.3 Å². The summed E-state index contributed by atoms with van der Waals surface area (Å²) in [4.78, 5) is 27.0. The standard InChI is InChI=1S/C10H16N4O3/c1-5(2)7(10(16)17-4)12-9(15)8-11-6(3)13-14-8/h5,7H,1-4H3,(H,12,15)(H,11,13,14)/t7-/m0/s1. The fraction of sp³-hybridized carbons (Fsp3) is 0.600. The number of H-pyrrole nitrogens is 1. The van der Waals surface area contributed by atoms with E-state index in [9.17, 15) is 9.59 Å². The molecule has 1 amide bonds. The number of hydrogen-bond donors (Lipinski definition) is 2. The number of rotatable bonds is 4. The van der Waals surface area contributed by atoms with Crippen molar-refractivity contribution in [3.63, 3.8) is 0 Å². The van der Waals surface area contributed by atoms with Crippen molar-refractivity contribution in [3.8, 4) is 0 Å². The average molecular weight is 240 g/mol. The number of nitrogens with one attached hydrogen (secondary N) is 2. The minimum absolute atomic E-state index is 0.0112. The number of esters is 1. The van der Waals surface area contributed by atoms with E-state index in [4.69, 9.17) is 0 Å². The number of aryl methyl sites for hydroxylation is 1. The maximum absolute atomic E-state index is 11.7. The van der Waals surface area contributed by atoms with Crippen molar-refractivity contribution in [2.75, 3.05) is 7.11 Å². The van der Waals surface area contributed by atoms with Gasteiger partial charge in [0.25, 0.3) is 5.91 Å². The second kappa shape index (κ2) is 5.42. The predicted octanol–water partition coefficient (Wildman–Crippen LogP) is 0.0405. The van der Waals surface area contributed by atoms with Gasteiger partial charge in [-0.25, -0.2) is 9.78 Å². The lowest BCUT2D eigenvalue weighted by molar-refractivity contribution is -0.144. The first-order valence-electron chi connectivity index (χ1n) is 5.23. The van der Waals surface area contributed by atoms with Crippen LogP contribution in [-0.4, -0.2) is 40.2 Å². The zero-order valence-electron chi connectivity index (χ0n) is 10.3. The minimum atomic E-state index is -0.702. The number of amides is 1. The van der Waals surface area contributed by atoms with Crippen molar-refractivity contribution >= 4 is 11.9 Å². The van der Waals surface area contributed by atoms with E-state index >= 15 is 0 Å². The van der Waals surface area contributed by atoms with E-state index in [1.54, 1.807) is 6.92 Å². The summed E-state index contributed by atoms with van der Waals surface area (Å²) in [5.74, 6) is -0.517. The highest BCUT2D eigenvalue weighted by atomic mass is 16.5. The smallest absolute Gasteiger partial charge is 0.328 e. The molecule has 7 nitrogen and oxygen atoms in total. The number of hydrogen-bond acceptors (Lipinski definition) is 5. The number of nitrogens with zero attached hydrogens (tertiary/aromatic N) is 2. The Morgan fingerprint density at radius 2 is 2.06 bits per heavy atom. The average Bonchev–Trinajstić information content (AvgIpc) is 2.71.